The smallest absolute Gasteiger partial charge is 0.150 e. The highest BCUT2D eigenvalue weighted by Crippen LogP contribution is 2.11. The van der Waals surface area contributed by atoms with Gasteiger partial charge in [-0.1, -0.05) is 36.7 Å². The van der Waals surface area contributed by atoms with Gasteiger partial charge in [0, 0.05) is 24.7 Å². The van der Waals surface area contributed by atoms with E-state index in [-0.39, 0.29) is 0 Å². The molecule has 0 bridgehead atoms. The fourth-order valence-corrected chi connectivity index (χ4v) is 2.47. The van der Waals surface area contributed by atoms with Crippen molar-refractivity contribution in [3.05, 3.63) is 11.6 Å². The van der Waals surface area contributed by atoms with E-state index >= 15 is 0 Å². The van der Waals surface area contributed by atoms with Gasteiger partial charge in [-0.15, -0.1) is 0 Å². The van der Waals surface area contributed by atoms with Gasteiger partial charge in [0.05, 0.1) is 0 Å². The largest absolute Gasteiger partial charge is 0.250 e. The summed E-state index contributed by atoms with van der Waals surface area (Å²) in [5.41, 5.74) is 0. The van der Waals surface area contributed by atoms with Crippen LogP contribution in [0.4, 0.5) is 0 Å². The van der Waals surface area contributed by atoms with E-state index in [9.17, 15) is 0 Å². The lowest BCUT2D eigenvalue weighted by Crippen LogP contribution is -2.09. The van der Waals surface area contributed by atoms with Crippen LogP contribution in [0.5, 0.6) is 0 Å². The van der Waals surface area contributed by atoms with E-state index in [4.69, 9.17) is 0 Å². The monoisotopic (exact) mass is 287 g/mol. The number of alkyl halides is 1. The predicted molar refractivity (Wildman–Crippen MR) is 71.0 cm³/mol. The summed E-state index contributed by atoms with van der Waals surface area (Å²) in [5, 5.41) is 5.62. The molecular weight excluding hydrogens is 266 g/mol. The van der Waals surface area contributed by atoms with Crippen molar-refractivity contribution in [2.75, 3.05) is 5.33 Å². The Hall–Kier alpha value is -0.380. The summed E-state index contributed by atoms with van der Waals surface area (Å²) in [6.07, 6.45) is 4.32. The number of hydrogen-bond donors (Lipinski definition) is 0. The first-order valence-corrected chi connectivity index (χ1v) is 7.31. The molecule has 0 aliphatic rings. The van der Waals surface area contributed by atoms with Gasteiger partial charge < -0.3 is 0 Å². The standard InChI is InChI=1S/C12H22BrN3/c1-4-11-14-12(5-2)16(15-11)9-7-10(3)6-8-13/h10H,4-9H2,1-3H3. The lowest BCUT2D eigenvalue weighted by molar-refractivity contribution is 0.442. The number of halogens is 1. The molecule has 0 aliphatic heterocycles. The second-order valence-electron chi connectivity index (χ2n) is 4.25. The Bertz CT molecular complexity index is 309. The molecule has 1 atom stereocenters. The van der Waals surface area contributed by atoms with Crippen molar-refractivity contribution >= 4 is 15.9 Å². The summed E-state index contributed by atoms with van der Waals surface area (Å²) < 4.78 is 2.09. The molecule has 3 nitrogen and oxygen atoms in total. The molecule has 0 radical (unpaired) electrons. The summed E-state index contributed by atoms with van der Waals surface area (Å²) in [4.78, 5) is 4.51. The third kappa shape index (κ3) is 3.89. The van der Waals surface area contributed by atoms with Gasteiger partial charge in [0.25, 0.3) is 0 Å². The average Bonchev–Trinajstić information content (AvgIpc) is 2.69. The number of aryl methyl sites for hydroxylation is 3. The SMILES string of the molecule is CCc1nc(CC)n(CCC(C)CCBr)n1. The zero-order valence-corrected chi connectivity index (χ0v) is 12.1. The molecular formula is C12H22BrN3. The predicted octanol–water partition coefficient (Wildman–Crippen LogP) is 3.21. The Morgan fingerprint density at radius 2 is 2.00 bits per heavy atom. The minimum atomic E-state index is 0.748. The first-order chi connectivity index (χ1) is 7.71. The quantitative estimate of drug-likeness (QED) is 0.721. The van der Waals surface area contributed by atoms with E-state index in [2.05, 4.69) is 51.5 Å². The molecule has 0 saturated carbocycles. The van der Waals surface area contributed by atoms with E-state index in [0.717, 1.165) is 42.3 Å². The Balaban J connectivity index is 2.54. The van der Waals surface area contributed by atoms with Crippen LogP contribution in [-0.2, 0) is 19.4 Å². The van der Waals surface area contributed by atoms with E-state index in [1.54, 1.807) is 0 Å². The molecule has 16 heavy (non-hydrogen) atoms. The molecule has 0 fully saturated rings. The maximum absolute atomic E-state index is 4.53. The van der Waals surface area contributed by atoms with Gasteiger partial charge in [-0.05, 0) is 18.8 Å². The van der Waals surface area contributed by atoms with Crippen molar-refractivity contribution < 1.29 is 0 Å². The zero-order chi connectivity index (χ0) is 12.0. The van der Waals surface area contributed by atoms with Gasteiger partial charge in [0.15, 0.2) is 5.82 Å². The molecule has 0 spiro atoms. The van der Waals surface area contributed by atoms with Crippen molar-refractivity contribution in [1.82, 2.24) is 14.8 Å². The van der Waals surface area contributed by atoms with Crippen LogP contribution in [-0.4, -0.2) is 20.1 Å². The molecule has 0 aromatic carbocycles. The Kier molecular flexibility index (Phi) is 6.03. The third-order valence-electron chi connectivity index (χ3n) is 2.86. The van der Waals surface area contributed by atoms with E-state index in [1.807, 2.05) is 0 Å². The summed E-state index contributed by atoms with van der Waals surface area (Å²) in [7, 11) is 0. The van der Waals surface area contributed by atoms with Gasteiger partial charge in [-0.3, -0.25) is 0 Å². The van der Waals surface area contributed by atoms with Crippen LogP contribution in [0.3, 0.4) is 0 Å². The Morgan fingerprint density at radius 1 is 1.25 bits per heavy atom. The van der Waals surface area contributed by atoms with Gasteiger partial charge >= 0.3 is 0 Å². The normalized spacial score (nSPS) is 13.0. The molecule has 0 amide bonds. The van der Waals surface area contributed by atoms with Crippen LogP contribution in [0.2, 0.25) is 0 Å². The highest BCUT2D eigenvalue weighted by molar-refractivity contribution is 9.09. The first kappa shape index (κ1) is 13.7. The van der Waals surface area contributed by atoms with E-state index < -0.39 is 0 Å². The maximum atomic E-state index is 4.53. The Morgan fingerprint density at radius 3 is 2.56 bits per heavy atom. The van der Waals surface area contributed by atoms with Crippen molar-refractivity contribution in [1.29, 1.82) is 0 Å². The van der Waals surface area contributed by atoms with E-state index in [0.29, 0.717) is 0 Å². The second-order valence-corrected chi connectivity index (χ2v) is 5.04. The minimum absolute atomic E-state index is 0.748. The zero-order valence-electron chi connectivity index (χ0n) is 10.5. The Labute approximate surface area is 107 Å². The summed E-state index contributed by atoms with van der Waals surface area (Å²) in [6, 6.07) is 0. The fraction of sp³-hybridized carbons (Fsp3) is 0.833. The molecule has 1 unspecified atom stereocenters. The number of hydrogen-bond acceptors (Lipinski definition) is 2. The maximum Gasteiger partial charge on any atom is 0.150 e. The van der Waals surface area contributed by atoms with Gasteiger partial charge in [0.1, 0.15) is 5.82 Å². The van der Waals surface area contributed by atoms with Crippen LogP contribution in [0.1, 0.15) is 45.3 Å². The molecule has 1 aromatic rings. The highest BCUT2D eigenvalue weighted by Gasteiger charge is 2.08. The fourth-order valence-electron chi connectivity index (χ4n) is 1.69. The lowest BCUT2D eigenvalue weighted by atomic mass is 10.1. The molecule has 4 heteroatoms. The van der Waals surface area contributed by atoms with Crippen molar-refractivity contribution in [3.63, 3.8) is 0 Å². The van der Waals surface area contributed by atoms with E-state index in [1.165, 1.54) is 12.8 Å². The number of rotatable bonds is 7. The molecule has 1 heterocycles. The van der Waals surface area contributed by atoms with Crippen molar-refractivity contribution in [2.45, 2.75) is 53.0 Å². The van der Waals surface area contributed by atoms with Crippen molar-refractivity contribution in [2.24, 2.45) is 5.92 Å². The number of nitrogens with zero attached hydrogens (tertiary/aromatic N) is 3. The van der Waals surface area contributed by atoms with Crippen molar-refractivity contribution in [3.8, 4) is 0 Å². The molecule has 92 valence electrons. The minimum Gasteiger partial charge on any atom is -0.250 e. The lowest BCUT2D eigenvalue weighted by Gasteiger charge is -2.10. The molecule has 0 aliphatic carbocycles. The van der Waals surface area contributed by atoms with Gasteiger partial charge in [-0.2, -0.15) is 5.10 Å². The summed E-state index contributed by atoms with van der Waals surface area (Å²) >= 11 is 3.48. The molecule has 0 saturated heterocycles. The van der Waals surface area contributed by atoms with Crippen LogP contribution in [0.25, 0.3) is 0 Å². The second kappa shape index (κ2) is 7.05. The van der Waals surface area contributed by atoms with Gasteiger partial charge in [-0.25, -0.2) is 9.67 Å². The van der Waals surface area contributed by atoms with Crippen LogP contribution in [0.15, 0.2) is 0 Å². The molecule has 1 aromatic heterocycles. The molecule has 0 N–H and O–H groups in total. The first-order valence-electron chi connectivity index (χ1n) is 6.19. The average molecular weight is 288 g/mol. The van der Waals surface area contributed by atoms with Crippen LogP contribution in [0, 0.1) is 5.92 Å². The van der Waals surface area contributed by atoms with Gasteiger partial charge in [0.2, 0.25) is 0 Å². The topological polar surface area (TPSA) is 30.7 Å². The highest BCUT2D eigenvalue weighted by atomic mass is 79.9. The van der Waals surface area contributed by atoms with Crippen LogP contribution >= 0.6 is 15.9 Å². The number of aromatic nitrogens is 3. The summed E-state index contributed by atoms with van der Waals surface area (Å²) in [5.74, 6) is 2.85. The third-order valence-corrected chi connectivity index (χ3v) is 3.32. The molecule has 1 rings (SSSR count). The van der Waals surface area contributed by atoms with Crippen LogP contribution < -0.4 is 0 Å². The summed E-state index contributed by atoms with van der Waals surface area (Å²) in [6.45, 7) is 7.54.